The van der Waals surface area contributed by atoms with E-state index in [9.17, 15) is 22.8 Å². The van der Waals surface area contributed by atoms with E-state index in [2.05, 4.69) is 4.84 Å². The van der Waals surface area contributed by atoms with Crippen LogP contribution in [0.2, 0.25) is 0 Å². The summed E-state index contributed by atoms with van der Waals surface area (Å²) in [5.41, 5.74) is 0. The number of amides is 1. The number of ketones is 1. The molecule has 0 aromatic heterocycles. The van der Waals surface area contributed by atoms with Gasteiger partial charge in [0.25, 0.3) is 5.91 Å². The average molecular weight is 199 g/mol. The summed E-state index contributed by atoms with van der Waals surface area (Å²) in [6, 6.07) is 0. The fourth-order valence-electron chi connectivity index (χ4n) is 0.451. The SMILES string of the molecule is CON(C)C(=O)CC(=O)C(F)(F)F. The van der Waals surface area contributed by atoms with E-state index in [1.165, 1.54) is 0 Å². The van der Waals surface area contributed by atoms with Crippen molar-refractivity contribution in [1.82, 2.24) is 5.06 Å². The number of nitrogens with zero attached hydrogens (tertiary/aromatic N) is 1. The van der Waals surface area contributed by atoms with Gasteiger partial charge in [0, 0.05) is 7.05 Å². The normalized spacial score (nSPS) is 11.2. The molecule has 0 aromatic carbocycles. The molecule has 76 valence electrons. The van der Waals surface area contributed by atoms with Crippen LogP contribution in [0.3, 0.4) is 0 Å². The summed E-state index contributed by atoms with van der Waals surface area (Å²) in [5, 5.41) is 0.559. The van der Waals surface area contributed by atoms with Gasteiger partial charge in [-0.3, -0.25) is 14.4 Å². The van der Waals surface area contributed by atoms with Gasteiger partial charge in [-0.1, -0.05) is 0 Å². The lowest BCUT2D eigenvalue weighted by Gasteiger charge is -2.13. The first-order chi connectivity index (χ1) is 5.79. The highest BCUT2D eigenvalue weighted by molar-refractivity contribution is 6.00. The largest absolute Gasteiger partial charge is 0.450 e. The molecule has 0 radical (unpaired) electrons. The minimum absolute atomic E-state index is 0.559. The smallest absolute Gasteiger partial charge is 0.289 e. The second kappa shape index (κ2) is 4.22. The molecule has 0 aliphatic heterocycles. The van der Waals surface area contributed by atoms with Gasteiger partial charge < -0.3 is 0 Å². The predicted octanol–water partition coefficient (Wildman–Crippen LogP) is 0.528. The minimum atomic E-state index is -4.97. The lowest BCUT2D eigenvalue weighted by atomic mass is 10.2. The summed E-state index contributed by atoms with van der Waals surface area (Å²) in [6.07, 6.45) is -6.20. The number of hydrogen-bond donors (Lipinski definition) is 0. The fraction of sp³-hybridized carbons (Fsp3) is 0.667. The molecule has 0 aliphatic carbocycles. The molecular formula is C6H8F3NO3. The van der Waals surface area contributed by atoms with Crippen LogP contribution < -0.4 is 0 Å². The van der Waals surface area contributed by atoms with E-state index in [1.54, 1.807) is 0 Å². The van der Waals surface area contributed by atoms with Crippen LogP contribution in [0.4, 0.5) is 13.2 Å². The van der Waals surface area contributed by atoms with Gasteiger partial charge in [-0.15, -0.1) is 0 Å². The topological polar surface area (TPSA) is 46.6 Å². The van der Waals surface area contributed by atoms with E-state index < -0.39 is 24.3 Å². The Hall–Kier alpha value is -1.11. The monoisotopic (exact) mass is 199 g/mol. The second-order valence-electron chi connectivity index (χ2n) is 2.17. The molecule has 0 atom stereocenters. The first-order valence-electron chi connectivity index (χ1n) is 3.19. The van der Waals surface area contributed by atoms with Gasteiger partial charge in [0.05, 0.1) is 13.5 Å². The number of Topliss-reactive ketones (excluding diaryl/α,β-unsaturated/α-hetero) is 1. The molecule has 0 bridgehead atoms. The number of hydroxylamine groups is 2. The Kier molecular flexibility index (Phi) is 3.86. The van der Waals surface area contributed by atoms with Crippen molar-refractivity contribution in [3.05, 3.63) is 0 Å². The molecule has 0 saturated carbocycles. The number of carbonyl (C=O) groups excluding carboxylic acids is 2. The van der Waals surface area contributed by atoms with Gasteiger partial charge in [-0.05, 0) is 0 Å². The van der Waals surface area contributed by atoms with E-state index in [0.717, 1.165) is 14.2 Å². The second-order valence-corrected chi connectivity index (χ2v) is 2.17. The quantitative estimate of drug-likeness (QED) is 0.492. The first-order valence-corrected chi connectivity index (χ1v) is 3.19. The molecule has 0 N–H and O–H groups in total. The zero-order chi connectivity index (χ0) is 10.6. The minimum Gasteiger partial charge on any atom is -0.289 e. The fourth-order valence-corrected chi connectivity index (χ4v) is 0.451. The number of alkyl halides is 3. The van der Waals surface area contributed by atoms with E-state index in [0.29, 0.717) is 5.06 Å². The molecule has 1 amide bonds. The van der Waals surface area contributed by atoms with Crippen molar-refractivity contribution in [3.63, 3.8) is 0 Å². The lowest BCUT2D eigenvalue weighted by Crippen LogP contribution is -2.32. The Bertz CT molecular complexity index is 214. The van der Waals surface area contributed by atoms with Crippen LogP contribution in [0, 0.1) is 0 Å². The zero-order valence-corrected chi connectivity index (χ0v) is 7.01. The molecule has 0 aromatic rings. The molecule has 13 heavy (non-hydrogen) atoms. The lowest BCUT2D eigenvalue weighted by molar-refractivity contribution is -0.181. The Morgan fingerprint density at radius 1 is 1.38 bits per heavy atom. The van der Waals surface area contributed by atoms with Gasteiger partial charge in [-0.2, -0.15) is 13.2 Å². The third-order valence-electron chi connectivity index (χ3n) is 1.25. The average Bonchev–Trinajstić information content (AvgIpc) is 2.01. The van der Waals surface area contributed by atoms with Crippen molar-refractivity contribution < 1.29 is 27.6 Å². The standard InChI is InChI=1S/C6H8F3NO3/c1-10(13-2)5(12)3-4(11)6(7,8)9/h3H2,1-2H3. The Morgan fingerprint density at radius 3 is 2.15 bits per heavy atom. The maximum atomic E-state index is 11.6. The third-order valence-corrected chi connectivity index (χ3v) is 1.25. The molecular weight excluding hydrogens is 191 g/mol. The summed E-state index contributed by atoms with van der Waals surface area (Å²) >= 11 is 0. The molecule has 0 rings (SSSR count). The molecule has 0 unspecified atom stereocenters. The van der Waals surface area contributed by atoms with Crippen molar-refractivity contribution in [2.75, 3.05) is 14.2 Å². The Balaban J connectivity index is 4.16. The molecule has 0 aliphatic rings. The van der Waals surface area contributed by atoms with E-state index in [4.69, 9.17) is 0 Å². The number of rotatable bonds is 3. The zero-order valence-electron chi connectivity index (χ0n) is 7.01. The van der Waals surface area contributed by atoms with Gasteiger partial charge in [0.15, 0.2) is 0 Å². The van der Waals surface area contributed by atoms with E-state index in [1.807, 2.05) is 0 Å². The van der Waals surface area contributed by atoms with Crippen molar-refractivity contribution in [2.24, 2.45) is 0 Å². The molecule has 0 saturated heterocycles. The number of carbonyl (C=O) groups is 2. The van der Waals surface area contributed by atoms with Crippen molar-refractivity contribution in [1.29, 1.82) is 0 Å². The van der Waals surface area contributed by atoms with Crippen LogP contribution in [0.25, 0.3) is 0 Å². The summed E-state index contributed by atoms with van der Waals surface area (Å²) in [7, 11) is 2.22. The Morgan fingerprint density at radius 2 is 1.85 bits per heavy atom. The molecule has 0 fully saturated rings. The highest BCUT2D eigenvalue weighted by Gasteiger charge is 2.39. The molecule has 4 nitrogen and oxygen atoms in total. The molecule has 7 heteroatoms. The number of hydrogen-bond acceptors (Lipinski definition) is 3. The molecule has 0 heterocycles. The summed E-state index contributed by atoms with van der Waals surface area (Å²) < 4.78 is 34.8. The maximum Gasteiger partial charge on any atom is 0.450 e. The first kappa shape index (κ1) is 11.9. The molecule has 0 spiro atoms. The highest BCUT2D eigenvalue weighted by Crippen LogP contribution is 2.18. The Labute approximate surface area is 72.2 Å². The van der Waals surface area contributed by atoms with E-state index >= 15 is 0 Å². The number of halogens is 3. The van der Waals surface area contributed by atoms with Crippen molar-refractivity contribution in [3.8, 4) is 0 Å². The van der Waals surface area contributed by atoms with Crippen LogP contribution in [0.1, 0.15) is 6.42 Å². The van der Waals surface area contributed by atoms with Crippen LogP contribution in [-0.2, 0) is 14.4 Å². The summed E-state index contributed by atoms with van der Waals surface area (Å²) in [6.45, 7) is 0. The van der Waals surface area contributed by atoms with Gasteiger partial charge in [0.2, 0.25) is 5.78 Å². The predicted molar refractivity (Wildman–Crippen MR) is 35.5 cm³/mol. The van der Waals surface area contributed by atoms with Crippen LogP contribution >= 0.6 is 0 Å². The van der Waals surface area contributed by atoms with Crippen LogP contribution in [0.15, 0.2) is 0 Å². The van der Waals surface area contributed by atoms with Crippen LogP contribution in [0.5, 0.6) is 0 Å². The highest BCUT2D eigenvalue weighted by atomic mass is 19.4. The third kappa shape index (κ3) is 3.88. The maximum absolute atomic E-state index is 11.6. The van der Waals surface area contributed by atoms with Crippen LogP contribution in [-0.4, -0.2) is 37.1 Å². The van der Waals surface area contributed by atoms with Gasteiger partial charge in [0.1, 0.15) is 0 Å². The van der Waals surface area contributed by atoms with E-state index in [-0.39, 0.29) is 0 Å². The van der Waals surface area contributed by atoms with Crippen molar-refractivity contribution in [2.45, 2.75) is 12.6 Å². The van der Waals surface area contributed by atoms with Gasteiger partial charge >= 0.3 is 6.18 Å². The van der Waals surface area contributed by atoms with Crippen molar-refractivity contribution >= 4 is 11.7 Å². The van der Waals surface area contributed by atoms with Gasteiger partial charge in [-0.25, -0.2) is 5.06 Å². The summed E-state index contributed by atoms with van der Waals surface area (Å²) in [5.74, 6) is -3.12. The summed E-state index contributed by atoms with van der Waals surface area (Å²) in [4.78, 5) is 25.3.